The molecule has 3 aromatic rings. The predicted molar refractivity (Wildman–Crippen MR) is 117 cm³/mol. The summed E-state index contributed by atoms with van der Waals surface area (Å²) >= 11 is 1.11. The SMILES string of the molecule is Cc1ccc(C)c(NC(=O)COC(=O)c2ccc3c(c2)C(=O)N(c2nnc(C)s2)C3=O)c1. The topological polar surface area (TPSA) is 119 Å². The predicted octanol–water partition coefficient (Wildman–Crippen LogP) is 3.06. The Kier molecular flexibility index (Phi) is 5.54. The molecule has 0 radical (unpaired) electrons. The summed E-state index contributed by atoms with van der Waals surface area (Å²) < 4.78 is 5.09. The number of imide groups is 1. The third-order valence-electron chi connectivity index (χ3n) is 4.83. The number of esters is 1. The Hall–Kier alpha value is -3.92. The summed E-state index contributed by atoms with van der Waals surface area (Å²) in [5.41, 5.74) is 2.79. The Morgan fingerprint density at radius 2 is 1.75 bits per heavy atom. The van der Waals surface area contributed by atoms with Crippen LogP contribution in [0.4, 0.5) is 10.8 Å². The molecule has 0 saturated heterocycles. The number of aromatic nitrogens is 2. The average molecular weight is 450 g/mol. The molecule has 1 aromatic heterocycles. The van der Waals surface area contributed by atoms with Gasteiger partial charge in [-0.05, 0) is 56.2 Å². The van der Waals surface area contributed by atoms with E-state index in [1.807, 2.05) is 32.0 Å². The Morgan fingerprint density at radius 3 is 2.47 bits per heavy atom. The molecule has 32 heavy (non-hydrogen) atoms. The molecule has 1 aliphatic rings. The zero-order chi connectivity index (χ0) is 23.0. The van der Waals surface area contributed by atoms with Gasteiger partial charge in [0.2, 0.25) is 5.13 Å². The van der Waals surface area contributed by atoms with Gasteiger partial charge < -0.3 is 10.1 Å². The number of carbonyl (C=O) groups excluding carboxylic acids is 4. The summed E-state index contributed by atoms with van der Waals surface area (Å²) in [6.45, 7) is 4.98. The quantitative estimate of drug-likeness (QED) is 0.469. The maximum absolute atomic E-state index is 12.7. The third kappa shape index (κ3) is 4.00. The molecule has 0 fully saturated rings. The standard InChI is InChI=1S/C22H18N4O5S/c1-11-4-5-12(2)17(8-11)23-18(27)10-31-21(30)14-6-7-15-16(9-14)20(29)26(19(15)28)22-25-24-13(3)32-22/h4-9H,10H2,1-3H3,(H,23,27). The maximum Gasteiger partial charge on any atom is 0.338 e. The van der Waals surface area contributed by atoms with Gasteiger partial charge in [-0.15, -0.1) is 10.2 Å². The summed E-state index contributed by atoms with van der Waals surface area (Å²) in [5.74, 6) is -2.40. The van der Waals surface area contributed by atoms with Crippen molar-refractivity contribution in [2.75, 3.05) is 16.8 Å². The smallest absolute Gasteiger partial charge is 0.338 e. The number of nitrogens with zero attached hydrogens (tertiary/aromatic N) is 3. The lowest BCUT2D eigenvalue weighted by Gasteiger charge is -2.10. The second kappa shape index (κ2) is 8.31. The lowest BCUT2D eigenvalue weighted by atomic mass is 10.1. The lowest BCUT2D eigenvalue weighted by Crippen LogP contribution is -2.29. The second-order valence-electron chi connectivity index (χ2n) is 7.25. The minimum Gasteiger partial charge on any atom is -0.452 e. The van der Waals surface area contributed by atoms with Gasteiger partial charge in [0.1, 0.15) is 5.01 Å². The van der Waals surface area contributed by atoms with Crippen molar-refractivity contribution in [3.63, 3.8) is 0 Å². The van der Waals surface area contributed by atoms with Crippen molar-refractivity contribution in [2.24, 2.45) is 0 Å². The number of carbonyl (C=O) groups is 4. The molecule has 0 aliphatic carbocycles. The number of fused-ring (bicyclic) bond motifs is 1. The van der Waals surface area contributed by atoms with Crippen LogP contribution in [0.15, 0.2) is 36.4 Å². The molecule has 1 aliphatic heterocycles. The minimum atomic E-state index is -0.783. The summed E-state index contributed by atoms with van der Waals surface area (Å²) in [5, 5.41) is 11.2. The van der Waals surface area contributed by atoms with E-state index in [1.165, 1.54) is 18.2 Å². The molecule has 0 spiro atoms. The fourth-order valence-electron chi connectivity index (χ4n) is 3.19. The molecule has 3 amide bonds. The molecule has 0 bridgehead atoms. The van der Waals surface area contributed by atoms with E-state index in [0.717, 1.165) is 27.4 Å². The molecule has 162 valence electrons. The number of nitrogens with one attached hydrogen (secondary N) is 1. The average Bonchev–Trinajstić information content (AvgIpc) is 3.29. The highest BCUT2D eigenvalue weighted by atomic mass is 32.1. The van der Waals surface area contributed by atoms with Crippen LogP contribution in [0.5, 0.6) is 0 Å². The summed E-state index contributed by atoms with van der Waals surface area (Å²) in [7, 11) is 0. The van der Waals surface area contributed by atoms with Crippen molar-refractivity contribution < 1.29 is 23.9 Å². The number of ether oxygens (including phenoxy) is 1. The van der Waals surface area contributed by atoms with Gasteiger partial charge in [-0.2, -0.15) is 0 Å². The third-order valence-corrected chi connectivity index (χ3v) is 5.65. The summed E-state index contributed by atoms with van der Waals surface area (Å²) in [6.07, 6.45) is 0. The maximum atomic E-state index is 12.7. The number of rotatable bonds is 5. The normalized spacial score (nSPS) is 12.7. The molecule has 2 aromatic carbocycles. The molecule has 10 heteroatoms. The number of amides is 3. The molecule has 2 heterocycles. The van der Waals surface area contributed by atoms with Crippen molar-refractivity contribution in [3.8, 4) is 0 Å². The molecule has 1 N–H and O–H groups in total. The van der Waals surface area contributed by atoms with Gasteiger partial charge in [0, 0.05) is 5.69 Å². The highest BCUT2D eigenvalue weighted by molar-refractivity contribution is 7.15. The monoisotopic (exact) mass is 450 g/mol. The van der Waals surface area contributed by atoms with Crippen LogP contribution in [-0.2, 0) is 9.53 Å². The van der Waals surface area contributed by atoms with Gasteiger partial charge in [0.25, 0.3) is 17.7 Å². The van der Waals surface area contributed by atoms with Crippen LogP contribution in [0.1, 0.15) is 47.2 Å². The molecule has 0 atom stereocenters. The lowest BCUT2D eigenvalue weighted by molar-refractivity contribution is -0.119. The van der Waals surface area contributed by atoms with Gasteiger partial charge in [0.05, 0.1) is 16.7 Å². The number of aryl methyl sites for hydroxylation is 3. The van der Waals surface area contributed by atoms with Gasteiger partial charge in [-0.1, -0.05) is 23.5 Å². The molecular formula is C22H18N4O5S. The van der Waals surface area contributed by atoms with Crippen LogP contribution < -0.4 is 10.2 Å². The number of hydrogen-bond donors (Lipinski definition) is 1. The Morgan fingerprint density at radius 1 is 1.00 bits per heavy atom. The van der Waals surface area contributed by atoms with Gasteiger partial charge >= 0.3 is 5.97 Å². The van der Waals surface area contributed by atoms with Crippen molar-refractivity contribution in [3.05, 3.63) is 69.2 Å². The second-order valence-corrected chi connectivity index (χ2v) is 8.41. The highest BCUT2D eigenvalue weighted by Crippen LogP contribution is 2.31. The van der Waals surface area contributed by atoms with Crippen molar-refractivity contribution in [1.29, 1.82) is 0 Å². The molecule has 4 rings (SSSR count). The molecule has 0 saturated carbocycles. The van der Waals surface area contributed by atoms with E-state index in [9.17, 15) is 19.2 Å². The van der Waals surface area contributed by atoms with Gasteiger partial charge in [-0.25, -0.2) is 9.69 Å². The first-order valence-electron chi connectivity index (χ1n) is 9.62. The molecule has 0 unspecified atom stereocenters. The first kappa shape index (κ1) is 21.3. The van der Waals surface area contributed by atoms with Crippen molar-refractivity contribution in [1.82, 2.24) is 10.2 Å². The van der Waals surface area contributed by atoms with Crippen LogP contribution in [-0.4, -0.2) is 40.5 Å². The molecular weight excluding hydrogens is 432 g/mol. The Labute approximate surface area is 187 Å². The van der Waals surface area contributed by atoms with E-state index in [4.69, 9.17) is 4.74 Å². The fourth-order valence-corrected chi connectivity index (χ4v) is 3.87. The summed E-state index contributed by atoms with van der Waals surface area (Å²) in [4.78, 5) is 50.9. The Bertz CT molecular complexity index is 1280. The highest BCUT2D eigenvalue weighted by Gasteiger charge is 2.39. The van der Waals surface area contributed by atoms with Gasteiger partial charge in [0.15, 0.2) is 6.61 Å². The first-order valence-corrected chi connectivity index (χ1v) is 10.4. The van der Waals surface area contributed by atoms with Crippen molar-refractivity contribution in [2.45, 2.75) is 20.8 Å². The zero-order valence-corrected chi connectivity index (χ0v) is 18.3. The summed E-state index contributed by atoms with van der Waals surface area (Å²) in [6, 6.07) is 9.68. The zero-order valence-electron chi connectivity index (χ0n) is 17.5. The van der Waals surface area contributed by atoms with Crippen LogP contribution in [0.25, 0.3) is 0 Å². The number of anilines is 2. The number of hydrogen-bond acceptors (Lipinski definition) is 8. The first-order chi connectivity index (χ1) is 15.2. The largest absolute Gasteiger partial charge is 0.452 e. The van der Waals surface area contributed by atoms with E-state index in [-0.39, 0.29) is 21.8 Å². The van der Waals surface area contributed by atoms with E-state index in [2.05, 4.69) is 15.5 Å². The fraction of sp³-hybridized carbons (Fsp3) is 0.182. The van der Waals surface area contributed by atoms with E-state index in [1.54, 1.807) is 6.92 Å². The van der Waals surface area contributed by atoms with E-state index >= 15 is 0 Å². The van der Waals surface area contributed by atoms with Crippen LogP contribution >= 0.6 is 11.3 Å². The van der Waals surface area contributed by atoms with E-state index in [0.29, 0.717) is 10.7 Å². The van der Waals surface area contributed by atoms with Crippen LogP contribution in [0.2, 0.25) is 0 Å². The van der Waals surface area contributed by atoms with Gasteiger partial charge in [-0.3, -0.25) is 14.4 Å². The van der Waals surface area contributed by atoms with Crippen LogP contribution in [0.3, 0.4) is 0 Å². The van der Waals surface area contributed by atoms with Crippen molar-refractivity contribution >= 4 is 45.8 Å². The van der Waals surface area contributed by atoms with E-state index < -0.39 is 30.3 Å². The minimum absolute atomic E-state index is 0.0553. The van der Waals surface area contributed by atoms with Crippen LogP contribution in [0, 0.1) is 20.8 Å². The number of benzene rings is 2. The molecule has 9 nitrogen and oxygen atoms in total. The Balaban J connectivity index is 1.44.